The molecule has 1 atom stereocenters. The summed E-state index contributed by atoms with van der Waals surface area (Å²) in [6.45, 7) is 5.10. The Labute approximate surface area is 130 Å². The predicted molar refractivity (Wildman–Crippen MR) is 83.1 cm³/mol. The Morgan fingerprint density at radius 1 is 1.23 bits per heavy atom. The van der Waals surface area contributed by atoms with Crippen LogP contribution in [-0.4, -0.2) is 15.2 Å². The summed E-state index contributed by atoms with van der Waals surface area (Å²) in [5, 5.41) is 16.7. The van der Waals surface area contributed by atoms with E-state index in [2.05, 4.69) is 29.3 Å². The Bertz CT molecular complexity index is 603. The van der Waals surface area contributed by atoms with E-state index in [1.807, 2.05) is 24.3 Å². The minimum atomic E-state index is 0.0533. The molecule has 1 saturated carbocycles. The standard InChI is InChI=1S/C17H23N3O2/c1-11(2)15(17-19-16(20-22-17)14-7-8-14)18-9-12-3-5-13(10-21)6-4-12/h3-6,11,14-15,18,21H,7-10H2,1-2H3. The van der Waals surface area contributed by atoms with Gasteiger partial charge in [-0.3, -0.25) is 0 Å². The summed E-state index contributed by atoms with van der Waals surface area (Å²) in [5.74, 6) is 2.42. The first-order valence-electron chi connectivity index (χ1n) is 7.93. The van der Waals surface area contributed by atoms with Crippen LogP contribution >= 0.6 is 0 Å². The van der Waals surface area contributed by atoms with E-state index in [-0.39, 0.29) is 12.6 Å². The lowest BCUT2D eigenvalue weighted by atomic mass is 10.0. The van der Waals surface area contributed by atoms with Gasteiger partial charge in [-0.15, -0.1) is 0 Å². The van der Waals surface area contributed by atoms with Gasteiger partial charge in [-0.05, 0) is 29.9 Å². The molecule has 2 N–H and O–H groups in total. The summed E-state index contributed by atoms with van der Waals surface area (Å²) in [6.07, 6.45) is 2.35. The van der Waals surface area contributed by atoms with E-state index in [1.165, 1.54) is 18.4 Å². The van der Waals surface area contributed by atoms with Gasteiger partial charge < -0.3 is 14.9 Å². The summed E-state index contributed by atoms with van der Waals surface area (Å²) < 4.78 is 5.46. The molecule has 5 heteroatoms. The molecule has 2 aromatic rings. The fourth-order valence-electron chi connectivity index (χ4n) is 2.48. The van der Waals surface area contributed by atoms with Gasteiger partial charge in [0.1, 0.15) is 0 Å². The van der Waals surface area contributed by atoms with Crippen LogP contribution in [0.2, 0.25) is 0 Å². The lowest BCUT2D eigenvalue weighted by molar-refractivity contribution is 0.281. The Morgan fingerprint density at radius 3 is 2.50 bits per heavy atom. The molecule has 118 valence electrons. The van der Waals surface area contributed by atoms with Crippen molar-refractivity contribution in [1.82, 2.24) is 15.5 Å². The van der Waals surface area contributed by atoms with E-state index >= 15 is 0 Å². The molecule has 0 amide bonds. The number of aromatic nitrogens is 2. The first kappa shape index (κ1) is 15.2. The van der Waals surface area contributed by atoms with E-state index in [9.17, 15) is 0 Å². The van der Waals surface area contributed by atoms with Gasteiger partial charge in [-0.1, -0.05) is 43.3 Å². The quantitative estimate of drug-likeness (QED) is 0.822. The van der Waals surface area contributed by atoms with Gasteiger partial charge in [0, 0.05) is 12.5 Å². The van der Waals surface area contributed by atoms with Gasteiger partial charge in [-0.25, -0.2) is 0 Å². The number of nitrogens with one attached hydrogen (secondary N) is 1. The normalized spacial score (nSPS) is 16.2. The highest BCUT2D eigenvalue weighted by Crippen LogP contribution is 2.38. The molecule has 0 saturated heterocycles. The Morgan fingerprint density at radius 2 is 1.91 bits per heavy atom. The smallest absolute Gasteiger partial charge is 0.244 e. The van der Waals surface area contributed by atoms with Crippen molar-refractivity contribution in [3.05, 3.63) is 47.1 Å². The molecule has 0 spiro atoms. The molecule has 1 aliphatic rings. The molecule has 1 aromatic heterocycles. The van der Waals surface area contributed by atoms with Crippen molar-refractivity contribution in [2.45, 2.75) is 51.8 Å². The molecule has 0 bridgehead atoms. The summed E-state index contributed by atoms with van der Waals surface area (Å²) in [7, 11) is 0. The first-order chi connectivity index (χ1) is 10.7. The van der Waals surface area contributed by atoms with Gasteiger partial charge in [0.15, 0.2) is 5.82 Å². The average molecular weight is 301 g/mol. The predicted octanol–water partition coefficient (Wildman–Crippen LogP) is 2.93. The van der Waals surface area contributed by atoms with E-state index in [0.29, 0.717) is 17.7 Å². The molecule has 0 radical (unpaired) electrons. The Hall–Kier alpha value is -1.72. The van der Waals surface area contributed by atoms with Crippen LogP contribution in [0.4, 0.5) is 0 Å². The second-order valence-electron chi connectivity index (χ2n) is 6.34. The average Bonchev–Trinajstić information content (AvgIpc) is 3.27. The zero-order valence-corrected chi connectivity index (χ0v) is 13.1. The number of hydrogen-bond acceptors (Lipinski definition) is 5. The van der Waals surface area contributed by atoms with Crippen LogP contribution in [0.5, 0.6) is 0 Å². The zero-order valence-electron chi connectivity index (χ0n) is 13.1. The number of aliphatic hydroxyl groups excluding tert-OH is 1. The second-order valence-corrected chi connectivity index (χ2v) is 6.34. The summed E-state index contributed by atoms with van der Waals surface area (Å²) >= 11 is 0. The van der Waals surface area contributed by atoms with Crippen molar-refractivity contribution in [3.63, 3.8) is 0 Å². The fourth-order valence-corrected chi connectivity index (χ4v) is 2.48. The van der Waals surface area contributed by atoms with Gasteiger partial charge in [0.25, 0.3) is 0 Å². The van der Waals surface area contributed by atoms with Crippen molar-refractivity contribution < 1.29 is 9.63 Å². The van der Waals surface area contributed by atoms with E-state index in [1.54, 1.807) is 0 Å². The highest BCUT2D eigenvalue weighted by atomic mass is 16.5. The highest BCUT2D eigenvalue weighted by molar-refractivity contribution is 5.22. The molecule has 1 fully saturated rings. The van der Waals surface area contributed by atoms with Crippen LogP contribution < -0.4 is 5.32 Å². The molecule has 0 aliphatic heterocycles. The van der Waals surface area contributed by atoms with Gasteiger partial charge in [0.2, 0.25) is 5.89 Å². The molecular weight excluding hydrogens is 278 g/mol. The molecule has 1 unspecified atom stereocenters. The van der Waals surface area contributed by atoms with Crippen LogP contribution in [0.25, 0.3) is 0 Å². The van der Waals surface area contributed by atoms with Crippen molar-refractivity contribution >= 4 is 0 Å². The minimum Gasteiger partial charge on any atom is -0.392 e. The van der Waals surface area contributed by atoms with Crippen molar-refractivity contribution in [2.24, 2.45) is 5.92 Å². The third-order valence-electron chi connectivity index (χ3n) is 4.06. The maximum Gasteiger partial charge on any atom is 0.244 e. The van der Waals surface area contributed by atoms with Gasteiger partial charge in [0.05, 0.1) is 12.6 Å². The van der Waals surface area contributed by atoms with Gasteiger partial charge in [-0.2, -0.15) is 4.98 Å². The lowest BCUT2D eigenvalue weighted by Crippen LogP contribution is -2.25. The molecule has 1 aromatic carbocycles. The molecule has 1 heterocycles. The number of rotatable bonds is 7. The van der Waals surface area contributed by atoms with Crippen molar-refractivity contribution in [1.29, 1.82) is 0 Å². The Kier molecular flexibility index (Phi) is 4.55. The van der Waals surface area contributed by atoms with E-state index in [4.69, 9.17) is 9.63 Å². The second kappa shape index (κ2) is 6.58. The monoisotopic (exact) mass is 301 g/mol. The molecule has 22 heavy (non-hydrogen) atoms. The number of benzene rings is 1. The van der Waals surface area contributed by atoms with Gasteiger partial charge >= 0.3 is 0 Å². The number of hydrogen-bond donors (Lipinski definition) is 2. The summed E-state index contributed by atoms with van der Waals surface area (Å²) in [4.78, 5) is 4.56. The maximum absolute atomic E-state index is 9.08. The third kappa shape index (κ3) is 3.54. The van der Waals surface area contributed by atoms with Crippen LogP contribution in [0.3, 0.4) is 0 Å². The van der Waals surface area contributed by atoms with Crippen LogP contribution in [0.1, 0.15) is 61.5 Å². The lowest BCUT2D eigenvalue weighted by Gasteiger charge is -2.18. The summed E-state index contributed by atoms with van der Waals surface area (Å²) in [5.41, 5.74) is 2.10. The van der Waals surface area contributed by atoms with Crippen LogP contribution in [-0.2, 0) is 13.2 Å². The summed E-state index contributed by atoms with van der Waals surface area (Å²) in [6, 6.07) is 8.00. The first-order valence-corrected chi connectivity index (χ1v) is 7.93. The maximum atomic E-state index is 9.08. The largest absolute Gasteiger partial charge is 0.392 e. The SMILES string of the molecule is CC(C)C(NCc1ccc(CO)cc1)c1nc(C2CC2)no1. The molecule has 1 aliphatic carbocycles. The topological polar surface area (TPSA) is 71.2 Å². The van der Waals surface area contributed by atoms with Crippen molar-refractivity contribution in [3.8, 4) is 0 Å². The van der Waals surface area contributed by atoms with Crippen molar-refractivity contribution in [2.75, 3.05) is 0 Å². The molecule has 3 rings (SSSR count). The Balaban J connectivity index is 1.65. The highest BCUT2D eigenvalue weighted by Gasteiger charge is 2.30. The zero-order chi connectivity index (χ0) is 15.5. The number of nitrogens with zero attached hydrogens (tertiary/aromatic N) is 2. The van der Waals surface area contributed by atoms with E-state index in [0.717, 1.165) is 17.9 Å². The third-order valence-corrected chi connectivity index (χ3v) is 4.06. The number of aliphatic hydroxyl groups is 1. The molecular formula is C17H23N3O2. The fraction of sp³-hybridized carbons (Fsp3) is 0.529. The minimum absolute atomic E-state index is 0.0533. The van der Waals surface area contributed by atoms with Crippen LogP contribution in [0, 0.1) is 5.92 Å². The van der Waals surface area contributed by atoms with E-state index < -0.39 is 0 Å². The van der Waals surface area contributed by atoms with Crippen LogP contribution in [0.15, 0.2) is 28.8 Å². The molecule has 5 nitrogen and oxygen atoms in total.